The number of hydrogen-bond acceptors (Lipinski definition) is 5. The third kappa shape index (κ3) is 7.17. The molecule has 1 aliphatic heterocycles. The Bertz CT molecular complexity index is 685. The Kier molecular flexibility index (Phi) is 9.07. The molecular weight excluding hydrogens is 374 g/mol. The molecule has 0 atom stereocenters. The summed E-state index contributed by atoms with van der Waals surface area (Å²) >= 11 is 0. The molecule has 2 N–H and O–H groups in total. The molecule has 2 rings (SSSR count). The third-order valence-electron chi connectivity index (χ3n) is 4.46. The standard InChI is InChI=1S/C20H31N5O4/c1-4-21-19(24-10-12-25(13-11-24)20(27)29-5-2)23-15-18(26)22-14-16-6-8-17(28-3)9-7-16/h6-9H,4-5,10-15H2,1-3H3,(H,21,23)(H,22,26). The van der Waals surface area contributed by atoms with Crippen LogP contribution in [-0.4, -0.2) is 80.7 Å². The first-order valence-corrected chi connectivity index (χ1v) is 9.92. The molecule has 1 fully saturated rings. The van der Waals surface area contributed by atoms with Crippen molar-refractivity contribution in [1.29, 1.82) is 0 Å². The fraction of sp³-hybridized carbons (Fsp3) is 0.550. The van der Waals surface area contributed by atoms with E-state index in [2.05, 4.69) is 20.5 Å². The summed E-state index contributed by atoms with van der Waals surface area (Å²) < 4.78 is 10.2. The van der Waals surface area contributed by atoms with Crippen molar-refractivity contribution in [3.8, 4) is 5.75 Å². The Labute approximate surface area is 172 Å². The van der Waals surface area contributed by atoms with Crippen molar-refractivity contribution in [2.75, 3.05) is 53.0 Å². The van der Waals surface area contributed by atoms with Gasteiger partial charge in [-0.3, -0.25) is 4.79 Å². The van der Waals surface area contributed by atoms with Gasteiger partial charge < -0.3 is 29.9 Å². The lowest BCUT2D eigenvalue weighted by Crippen LogP contribution is -2.54. The monoisotopic (exact) mass is 405 g/mol. The van der Waals surface area contributed by atoms with Crippen LogP contribution in [0.1, 0.15) is 19.4 Å². The van der Waals surface area contributed by atoms with Crippen LogP contribution in [0.4, 0.5) is 4.79 Å². The van der Waals surface area contributed by atoms with Gasteiger partial charge in [0.05, 0.1) is 13.7 Å². The number of carbonyl (C=O) groups is 2. The molecule has 1 aliphatic rings. The van der Waals surface area contributed by atoms with Crippen LogP contribution in [0.2, 0.25) is 0 Å². The van der Waals surface area contributed by atoms with Gasteiger partial charge in [0.25, 0.3) is 0 Å². The fourth-order valence-electron chi connectivity index (χ4n) is 2.89. The summed E-state index contributed by atoms with van der Waals surface area (Å²) in [6.45, 7) is 7.72. The summed E-state index contributed by atoms with van der Waals surface area (Å²) in [5.74, 6) is 1.31. The molecule has 0 aromatic heterocycles. The predicted molar refractivity (Wildman–Crippen MR) is 111 cm³/mol. The molecule has 9 nitrogen and oxygen atoms in total. The van der Waals surface area contributed by atoms with Gasteiger partial charge in [-0.1, -0.05) is 12.1 Å². The summed E-state index contributed by atoms with van der Waals surface area (Å²) in [5.41, 5.74) is 0.991. The van der Waals surface area contributed by atoms with Gasteiger partial charge in [0.15, 0.2) is 5.96 Å². The van der Waals surface area contributed by atoms with Crippen LogP contribution in [0.15, 0.2) is 29.3 Å². The second-order valence-electron chi connectivity index (χ2n) is 6.47. The Morgan fingerprint density at radius 2 is 1.69 bits per heavy atom. The maximum absolute atomic E-state index is 12.2. The average Bonchev–Trinajstić information content (AvgIpc) is 2.75. The van der Waals surface area contributed by atoms with E-state index in [4.69, 9.17) is 9.47 Å². The highest BCUT2D eigenvalue weighted by atomic mass is 16.6. The molecule has 0 saturated carbocycles. The first kappa shape index (κ1) is 22.3. The number of nitrogens with one attached hydrogen (secondary N) is 2. The van der Waals surface area contributed by atoms with E-state index in [1.165, 1.54) is 0 Å². The minimum absolute atomic E-state index is 0.0383. The van der Waals surface area contributed by atoms with Crippen LogP contribution in [-0.2, 0) is 16.1 Å². The third-order valence-corrected chi connectivity index (χ3v) is 4.46. The van der Waals surface area contributed by atoms with Crippen LogP contribution in [0.3, 0.4) is 0 Å². The van der Waals surface area contributed by atoms with E-state index in [0.29, 0.717) is 51.8 Å². The van der Waals surface area contributed by atoms with E-state index in [-0.39, 0.29) is 18.5 Å². The zero-order valence-electron chi connectivity index (χ0n) is 17.4. The minimum atomic E-state index is -0.285. The minimum Gasteiger partial charge on any atom is -0.497 e. The number of benzene rings is 1. The first-order valence-electron chi connectivity index (χ1n) is 9.92. The topological polar surface area (TPSA) is 95.5 Å². The zero-order chi connectivity index (χ0) is 21.1. The quantitative estimate of drug-likeness (QED) is 0.520. The summed E-state index contributed by atoms with van der Waals surface area (Å²) in [6, 6.07) is 7.54. The number of aliphatic imine (C=N–C) groups is 1. The number of ether oxygens (including phenoxy) is 2. The van der Waals surface area contributed by atoms with Gasteiger partial charge in [0.2, 0.25) is 5.91 Å². The SMILES string of the molecule is CCNC(=NCC(=O)NCc1ccc(OC)cc1)N1CCN(C(=O)OCC)CC1. The maximum atomic E-state index is 12.2. The highest BCUT2D eigenvalue weighted by Crippen LogP contribution is 2.11. The van der Waals surface area contributed by atoms with Crippen molar-refractivity contribution in [3.05, 3.63) is 29.8 Å². The lowest BCUT2D eigenvalue weighted by Gasteiger charge is -2.35. The second kappa shape index (κ2) is 11.8. The normalized spacial score (nSPS) is 14.4. The molecule has 1 saturated heterocycles. The Morgan fingerprint density at radius 1 is 1.03 bits per heavy atom. The highest BCUT2D eigenvalue weighted by molar-refractivity contribution is 5.85. The van der Waals surface area contributed by atoms with Gasteiger partial charge in [-0.25, -0.2) is 9.79 Å². The van der Waals surface area contributed by atoms with E-state index in [1.807, 2.05) is 31.2 Å². The predicted octanol–water partition coefficient (Wildman–Crippen LogP) is 1.05. The zero-order valence-corrected chi connectivity index (χ0v) is 17.4. The molecule has 0 radical (unpaired) electrons. The van der Waals surface area contributed by atoms with E-state index >= 15 is 0 Å². The molecule has 1 heterocycles. The molecule has 9 heteroatoms. The molecule has 160 valence electrons. The van der Waals surface area contributed by atoms with Crippen molar-refractivity contribution in [2.24, 2.45) is 4.99 Å². The van der Waals surface area contributed by atoms with E-state index in [1.54, 1.807) is 18.9 Å². The Balaban J connectivity index is 1.83. The summed E-state index contributed by atoms with van der Waals surface area (Å²) in [4.78, 5) is 32.2. The van der Waals surface area contributed by atoms with Gasteiger partial charge in [0, 0.05) is 39.3 Å². The van der Waals surface area contributed by atoms with Crippen LogP contribution in [0.5, 0.6) is 5.75 Å². The molecular formula is C20H31N5O4. The van der Waals surface area contributed by atoms with E-state index in [9.17, 15) is 9.59 Å². The average molecular weight is 405 g/mol. The smallest absolute Gasteiger partial charge is 0.409 e. The van der Waals surface area contributed by atoms with Crippen molar-refractivity contribution in [2.45, 2.75) is 20.4 Å². The highest BCUT2D eigenvalue weighted by Gasteiger charge is 2.23. The lowest BCUT2D eigenvalue weighted by molar-refractivity contribution is -0.119. The number of nitrogens with zero attached hydrogens (tertiary/aromatic N) is 3. The van der Waals surface area contributed by atoms with Crippen LogP contribution in [0, 0.1) is 0 Å². The van der Waals surface area contributed by atoms with Crippen molar-refractivity contribution < 1.29 is 19.1 Å². The van der Waals surface area contributed by atoms with Crippen LogP contribution in [0.25, 0.3) is 0 Å². The number of amides is 2. The Morgan fingerprint density at radius 3 is 2.28 bits per heavy atom. The molecule has 0 bridgehead atoms. The Hall–Kier alpha value is -2.97. The second-order valence-corrected chi connectivity index (χ2v) is 6.47. The summed E-state index contributed by atoms with van der Waals surface area (Å²) in [6.07, 6.45) is -0.285. The van der Waals surface area contributed by atoms with Crippen LogP contribution >= 0.6 is 0 Å². The number of methoxy groups -OCH3 is 1. The van der Waals surface area contributed by atoms with Gasteiger partial charge in [0.1, 0.15) is 12.3 Å². The van der Waals surface area contributed by atoms with Gasteiger partial charge >= 0.3 is 6.09 Å². The number of piperazine rings is 1. The molecule has 1 aromatic rings. The van der Waals surface area contributed by atoms with E-state index in [0.717, 1.165) is 11.3 Å². The molecule has 0 aliphatic carbocycles. The molecule has 0 spiro atoms. The summed E-state index contributed by atoms with van der Waals surface area (Å²) in [7, 11) is 1.62. The van der Waals surface area contributed by atoms with Crippen LogP contribution < -0.4 is 15.4 Å². The molecule has 1 aromatic carbocycles. The van der Waals surface area contributed by atoms with Crippen molar-refractivity contribution >= 4 is 18.0 Å². The molecule has 29 heavy (non-hydrogen) atoms. The van der Waals surface area contributed by atoms with Crippen molar-refractivity contribution in [3.63, 3.8) is 0 Å². The molecule has 2 amide bonds. The first-order chi connectivity index (χ1) is 14.1. The van der Waals surface area contributed by atoms with Gasteiger partial charge in [-0.2, -0.15) is 0 Å². The maximum Gasteiger partial charge on any atom is 0.409 e. The number of guanidine groups is 1. The fourth-order valence-corrected chi connectivity index (χ4v) is 2.89. The number of carbonyl (C=O) groups excluding carboxylic acids is 2. The number of hydrogen-bond donors (Lipinski definition) is 2. The largest absolute Gasteiger partial charge is 0.497 e. The lowest BCUT2D eigenvalue weighted by atomic mass is 10.2. The van der Waals surface area contributed by atoms with E-state index < -0.39 is 0 Å². The van der Waals surface area contributed by atoms with Gasteiger partial charge in [-0.15, -0.1) is 0 Å². The summed E-state index contributed by atoms with van der Waals surface area (Å²) in [5, 5.41) is 6.08. The van der Waals surface area contributed by atoms with Gasteiger partial charge in [-0.05, 0) is 31.5 Å². The molecule has 0 unspecified atom stereocenters. The van der Waals surface area contributed by atoms with Crippen molar-refractivity contribution in [1.82, 2.24) is 20.4 Å². The number of rotatable bonds is 7.